The van der Waals surface area contributed by atoms with Crippen molar-refractivity contribution in [3.8, 4) is 5.75 Å². The van der Waals surface area contributed by atoms with Crippen LogP contribution >= 0.6 is 15.9 Å². The summed E-state index contributed by atoms with van der Waals surface area (Å²) in [7, 11) is 1.66. The first-order chi connectivity index (χ1) is 13.1. The Morgan fingerprint density at radius 1 is 1.30 bits per heavy atom. The molecule has 1 aliphatic rings. The molecule has 0 bridgehead atoms. The molecule has 2 N–H and O–H groups in total. The number of nitrogens with one attached hydrogen (secondary N) is 2. The largest absolute Gasteiger partial charge is 0.496 e. The maximum absolute atomic E-state index is 12.0. The second-order valence-corrected chi connectivity index (χ2v) is 7.49. The van der Waals surface area contributed by atoms with Gasteiger partial charge in [-0.25, -0.2) is 4.99 Å². The van der Waals surface area contributed by atoms with Gasteiger partial charge in [0.15, 0.2) is 5.96 Å². The maximum Gasteiger partial charge on any atom is 0.222 e. The van der Waals surface area contributed by atoms with Crippen LogP contribution < -0.4 is 15.4 Å². The van der Waals surface area contributed by atoms with Gasteiger partial charge in [0, 0.05) is 32.6 Å². The van der Waals surface area contributed by atoms with Crippen LogP contribution in [-0.4, -0.2) is 50.1 Å². The lowest BCUT2D eigenvalue weighted by atomic mass is 10.2. The summed E-state index contributed by atoms with van der Waals surface area (Å²) < 4.78 is 6.19. The first-order valence-electron chi connectivity index (χ1n) is 9.76. The Morgan fingerprint density at radius 3 is 2.89 bits per heavy atom. The van der Waals surface area contributed by atoms with E-state index in [1.165, 1.54) is 6.42 Å². The molecule has 0 spiro atoms. The predicted molar refractivity (Wildman–Crippen MR) is 113 cm³/mol. The van der Waals surface area contributed by atoms with E-state index in [0.29, 0.717) is 18.9 Å². The van der Waals surface area contributed by atoms with Gasteiger partial charge < -0.3 is 20.3 Å². The highest BCUT2D eigenvalue weighted by molar-refractivity contribution is 9.10. The topological polar surface area (TPSA) is 66.0 Å². The minimum atomic E-state index is 0.304. The molecule has 0 atom stereocenters. The van der Waals surface area contributed by atoms with Crippen LogP contribution in [0.5, 0.6) is 5.75 Å². The molecule has 1 saturated heterocycles. The summed E-state index contributed by atoms with van der Waals surface area (Å²) in [6.45, 7) is 5.96. The van der Waals surface area contributed by atoms with Gasteiger partial charge in [-0.3, -0.25) is 4.79 Å². The number of carbonyl (C=O) groups is 1. The molecule has 1 aromatic carbocycles. The Morgan fingerprint density at radius 2 is 2.15 bits per heavy atom. The molecule has 2 rings (SSSR count). The molecule has 1 aromatic rings. The van der Waals surface area contributed by atoms with Crippen LogP contribution in [0, 0.1) is 0 Å². The molecule has 1 fully saturated rings. The van der Waals surface area contributed by atoms with Gasteiger partial charge in [0.2, 0.25) is 5.91 Å². The summed E-state index contributed by atoms with van der Waals surface area (Å²) in [5, 5.41) is 6.63. The van der Waals surface area contributed by atoms with E-state index in [0.717, 1.165) is 67.2 Å². The molecular formula is C20H31BrN4O2. The van der Waals surface area contributed by atoms with Crippen molar-refractivity contribution in [3.05, 3.63) is 28.2 Å². The number of carbonyl (C=O) groups excluding carboxylic acids is 1. The third kappa shape index (κ3) is 7.40. The summed E-state index contributed by atoms with van der Waals surface area (Å²) in [6, 6.07) is 5.98. The zero-order valence-electron chi connectivity index (χ0n) is 16.4. The number of nitrogens with zero attached hydrogens (tertiary/aromatic N) is 2. The molecule has 0 unspecified atom stereocenters. The lowest BCUT2D eigenvalue weighted by molar-refractivity contribution is -0.130. The van der Waals surface area contributed by atoms with Crippen LogP contribution in [-0.2, 0) is 11.3 Å². The molecule has 1 aliphatic heterocycles. The smallest absolute Gasteiger partial charge is 0.222 e. The second kappa shape index (κ2) is 11.8. The number of likely N-dealkylation sites (tertiary alicyclic amines) is 1. The Balaban J connectivity index is 1.81. The second-order valence-electron chi connectivity index (χ2n) is 6.64. The van der Waals surface area contributed by atoms with Crippen molar-refractivity contribution in [2.24, 2.45) is 4.99 Å². The van der Waals surface area contributed by atoms with E-state index in [1.54, 1.807) is 7.11 Å². The average molecular weight is 439 g/mol. The molecule has 7 heteroatoms. The molecule has 27 heavy (non-hydrogen) atoms. The molecule has 150 valence electrons. The zero-order chi connectivity index (χ0) is 19.5. The van der Waals surface area contributed by atoms with Crippen LogP contribution in [0.25, 0.3) is 0 Å². The van der Waals surface area contributed by atoms with E-state index in [9.17, 15) is 4.79 Å². The lowest BCUT2D eigenvalue weighted by Crippen LogP contribution is -2.39. The number of benzene rings is 1. The van der Waals surface area contributed by atoms with E-state index in [4.69, 9.17) is 4.74 Å². The number of rotatable bonds is 8. The highest BCUT2D eigenvalue weighted by atomic mass is 79.9. The van der Waals surface area contributed by atoms with Crippen LogP contribution in [0.1, 0.15) is 44.6 Å². The highest BCUT2D eigenvalue weighted by Gasteiger charge is 2.15. The molecule has 1 heterocycles. The van der Waals surface area contributed by atoms with Crippen LogP contribution in [0.15, 0.2) is 27.7 Å². The van der Waals surface area contributed by atoms with Gasteiger partial charge in [-0.05, 0) is 59.8 Å². The SMILES string of the molecule is CCNC(=NCc1ccc(OC)c(Br)c1)NCCCN1CCCCCC1=O. The number of aliphatic imine (C=N–C) groups is 1. The molecular weight excluding hydrogens is 408 g/mol. The Hall–Kier alpha value is -1.76. The Bertz CT molecular complexity index is 636. The first-order valence-corrected chi connectivity index (χ1v) is 10.6. The van der Waals surface area contributed by atoms with E-state index in [1.807, 2.05) is 23.1 Å². The fourth-order valence-electron chi connectivity index (χ4n) is 3.07. The summed E-state index contributed by atoms with van der Waals surface area (Å²) in [5.41, 5.74) is 1.11. The number of hydrogen-bond donors (Lipinski definition) is 2. The molecule has 1 amide bonds. The van der Waals surface area contributed by atoms with Crippen molar-refractivity contribution >= 4 is 27.8 Å². The standard InChI is InChI=1S/C20H31BrN4O2/c1-3-22-20(24-15-16-9-10-18(27-2)17(21)14-16)23-11-7-13-25-12-6-4-5-8-19(25)26/h9-10,14H,3-8,11-13,15H2,1-2H3,(H2,22,23,24). The van der Waals surface area contributed by atoms with Crippen molar-refractivity contribution < 1.29 is 9.53 Å². The van der Waals surface area contributed by atoms with Crippen molar-refractivity contribution in [1.29, 1.82) is 0 Å². The molecule has 0 radical (unpaired) electrons. The highest BCUT2D eigenvalue weighted by Crippen LogP contribution is 2.25. The number of methoxy groups -OCH3 is 1. The van der Waals surface area contributed by atoms with E-state index >= 15 is 0 Å². The van der Waals surface area contributed by atoms with Crippen LogP contribution in [0.2, 0.25) is 0 Å². The van der Waals surface area contributed by atoms with Gasteiger partial charge >= 0.3 is 0 Å². The van der Waals surface area contributed by atoms with Crippen molar-refractivity contribution in [3.63, 3.8) is 0 Å². The van der Waals surface area contributed by atoms with Crippen molar-refractivity contribution in [2.45, 2.75) is 45.6 Å². The number of ether oxygens (including phenoxy) is 1. The van der Waals surface area contributed by atoms with Crippen LogP contribution in [0.3, 0.4) is 0 Å². The predicted octanol–water partition coefficient (Wildman–Crippen LogP) is 3.31. The van der Waals surface area contributed by atoms with Gasteiger partial charge in [0.05, 0.1) is 18.1 Å². The average Bonchev–Trinajstić information content (AvgIpc) is 2.87. The van der Waals surface area contributed by atoms with Crippen LogP contribution in [0.4, 0.5) is 0 Å². The summed E-state index contributed by atoms with van der Waals surface area (Å²) in [6.07, 6.45) is 4.95. The third-order valence-electron chi connectivity index (χ3n) is 4.55. The zero-order valence-corrected chi connectivity index (χ0v) is 18.0. The fraction of sp³-hybridized carbons (Fsp3) is 0.600. The Kier molecular flexibility index (Phi) is 9.45. The number of amides is 1. The molecule has 0 aliphatic carbocycles. The Labute approximate surface area is 170 Å². The van der Waals surface area contributed by atoms with Gasteiger partial charge in [-0.15, -0.1) is 0 Å². The molecule has 6 nitrogen and oxygen atoms in total. The normalized spacial score (nSPS) is 15.4. The monoisotopic (exact) mass is 438 g/mol. The van der Waals surface area contributed by atoms with Gasteiger partial charge in [0.25, 0.3) is 0 Å². The molecule has 0 saturated carbocycles. The van der Waals surface area contributed by atoms with Gasteiger partial charge in [-0.1, -0.05) is 12.5 Å². The van der Waals surface area contributed by atoms with E-state index < -0.39 is 0 Å². The first kappa shape index (κ1) is 21.5. The fourth-order valence-corrected chi connectivity index (χ4v) is 3.66. The van der Waals surface area contributed by atoms with Crippen molar-refractivity contribution in [1.82, 2.24) is 15.5 Å². The summed E-state index contributed by atoms with van der Waals surface area (Å²) in [5.74, 6) is 1.92. The van der Waals surface area contributed by atoms with Gasteiger partial charge in [-0.2, -0.15) is 0 Å². The van der Waals surface area contributed by atoms with E-state index in [2.05, 4.69) is 38.5 Å². The number of halogens is 1. The van der Waals surface area contributed by atoms with Crippen molar-refractivity contribution in [2.75, 3.05) is 33.3 Å². The minimum absolute atomic E-state index is 0.304. The van der Waals surface area contributed by atoms with Gasteiger partial charge in [0.1, 0.15) is 5.75 Å². The molecule has 0 aromatic heterocycles. The minimum Gasteiger partial charge on any atom is -0.496 e. The summed E-state index contributed by atoms with van der Waals surface area (Å²) >= 11 is 3.51. The number of guanidine groups is 1. The number of hydrogen-bond acceptors (Lipinski definition) is 3. The third-order valence-corrected chi connectivity index (χ3v) is 5.17. The maximum atomic E-state index is 12.0. The van der Waals surface area contributed by atoms with E-state index in [-0.39, 0.29) is 0 Å². The quantitative estimate of drug-likeness (QED) is 0.371. The summed E-state index contributed by atoms with van der Waals surface area (Å²) in [4.78, 5) is 18.7. The lowest BCUT2D eigenvalue weighted by Gasteiger charge is -2.20.